The molecule has 7 N–H and O–H groups in total. The number of nitrogens with one attached hydrogen (secondary N) is 1. The molecule has 0 amide bonds. The van der Waals surface area contributed by atoms with Crippen LogP contribution in [0.2, 0.25) is 0 Å². The molecule has 2 heterocycles. The van der Waals surface area contributed by atoms with Crippen molar-refractivity contribution in [3.05, 3.63) is 33.1 Å². The number of H-pyrrole nitrogens is 1. The number of hydrogen-bond acceptors (Lipinski definition) is 12. The highest BCUT2D eigenvalue weighted by molar-refractivity contribution is 7.63. The third kappa shape index (κ3) is 5.71. The van der Waals surface area contributed by atoms with Crippen LogP contribution in [0.25, 0.3) is 0 Å². The molecule has 15 nitrogen and oxygen atoms in total. The summed E-state index contributed by atoms with van der Waals surface area (Å²) in [6.45, 7) is 0.486. The topological polar surface area (TPSA) is 230 Å². The molecule has 0 radical (unpaired) electrons. The molecule has 6 unspecified atom stereocenters. The number of phosphoric acid groups is 1. The molecule has 160 valence electrons. The van der Waals surface area contributed by atoms with Gasteiger partial charge in [0.25, 0.3) is 5.56 Å². The number of rotatable bonds is 8. The van der Waals surface area contributed by atoms with Gasteiger partial charge in [-0.3, -0.25) is 14.3 Å². The Labute approximate surface area is 158 Å². The van der Waals surface area contributed by atoms with E-state index in [-0.39, 0.29) is 0 Å². The normalized spacial score (nSPS) is 31.1. The molecular formula is C10H17N2O13P3. The highest BCUT2D eigenvalue weighted by Gasteiger charge is 2.53. The van der Waals surface area contributed by atoms with Gasteiger partial charge in [0.15, 0.2) is 6.23 Å². The summed E-state index contributed by atoms with van der Waals surface area (Å²) in [6, 6.07) is 0.994. The minimum atomic E-state index is -5.03. The van der Waals surface area contributed by atoms with Crippen LogP contribution in [0.5, 0.6) is 0 Å². The molecule has 28 heavy (non-hydrogen) atoms. The molecule has 6 atom stereocenters. The maximum atomic E-state index is 11.9. The van der Waals surface area contributed by atoms with Crippen molar-refractivity contribution < 1.29 is 52.2 Å². The summed E-state index contributed by atoms with van der Waals surface area (Å²) >= 11 is 0. The summed E-state index contributed by atoms with van der Waals surface area (Å²) in [5, 5.41) is 20.7. The molecule has 1 fully saturated rings. The first-order chi connectivity index (χ1) is 12.8. The maximum absolute atomic E-state index is 11.9. The van der Waals surface area contributed by atoms with Gasteiger partial charge < -0.3 is 39.0 Å². The Hall–Kier alpha value is -0.630. The van der Waals surface area contributed by atoms with Crippen LogP contribution in [0, 0.1) is 0 Å². The predicted octanol–water partition coefficient (Wildman–Crippen LogP) is -1.87. The second kappa shape index (κ2) is 9.02. The maximum Gasteiger partial charge on any atom is 0.485 e. The molecule has 18 heteroatoms. The van der Waals surface area contributed by atoms with Crippen LogP contribution in [0.3, 0.4) is 0 Å². The lowest BCUT2D eigenvalue weighted by Crippen LogP contribution is -2.46. The number of ether oxygens (including phenoxy) is 1. The summed E-state index contributed by atoms with van der Waals surface area (Å²) in [6.07, 6.45) is -3.36. The number of aliphatic hydroxyl groups excluding tert-OH is 1. The Kier molecular flexibility index (Phi) is 7.62. The number of aromatic nitrogens is 2. The Bertz CT molecular complexity index is 840. The van der Waals surface area contributed by atoms with Crippen molar-refractivity contribution >= 4 is 25.0 Å². The van der Waals surface area contributed by atoms with Crippen LogP contribution in [-0.2, 0) is 22.4 Å². The molecular weight excluding hydrogens is 449 g/mol. The van der Waals surface area contributed by atoms with Gasteiger partial charge in [-0.1, -0.05) is 0 Å². The van der Waals surface area contributed by atoms with Crippen LogP contribution in [-0.4, -0.2) is 63.8 Å². The van der Waals surface area contributed by atoms with Crippen molar-refractivity contribution in [1.82, 2.24) is 9.55 Å². The quantitative estimate of drug-likeness (QED) is 0.208. The highest BCUT2D eigenvalue weighted by atomic mass is 31.3. The van der Waals surface area contributed by atoms with E-state index in [0.29, 0.717) is 0 Å². The van der Waals surface area contributed by atoms with Gasteiger partial charge in [-0.05, 0) is 6.92 Å². The Balaban J connectivity index is 2.04. The molecule has 0 aromatic carbocycles. The molecule has 0 spiro atoms. The smallest absolute Gasteiger partial charge is 0.387 e. The van der Waals surface area contributed by atoms with Crippen molar-refractivity contribution in [1.29, 1.82) is 0 Å². The van der Waals surface area contributed by atoms with Crippen LogP contribution >= 0.6 is 25.0 Å². The molecule has 0 bridgehead atoms. The van der Waals surface area contributed by atoms with E-state index in [0.717, 1.165) is 23.8 Å². The van der Waals surface area contributed by atoms with Gasteiger partial charge in [-0.25, -0.2) is 18.0 Å². The zero-order valence-electron chi connectivity index (χ0n) is 13.9. The molecule has 2 rings (SSSR count). The van der Waals surface area contributed by atoms with E-state index < -0.39 is 66.9 Å². The molecule has 1 aliphatic heterocycles. The van der Waals surface area contributed by atoms with Gasteiger partial charge in [0.2, 0.25) is 0 Å². The monoisotopic (exact) mass is 466 g/mol. The fourth-order valence-corrected chi connectivity index (χ4v) is 4.64. The van der Waals surface area contributed by atoms with Crippen LogP contribution in [0.1, 0.15) is 13.2 Å². The summed E-state index contributed by atoms with van der Waals surface area (Å²) in [4.78, 5) is 60.6. The lowest BCUT2D eigenvalue weighted by Gasteiger charge is -2.27. The van der Waals surface area contributed by atoms with Gasteiger partial charge in [0.1, 0.15) is 17.8 Å². The SMILES string of the molecule is CC1(O)C(O)C(COP(O)OP(=O)(O)OP(O)O)OC1n1ccc(=O)[nH]c1=O. The van der Waals surface area contributed by atoms with Crippen LogP contribution < -0.4 is 11.2 Å². The number of hydrogen-bond donors (Lipinski definition) is 7. The molecule has 0 saturated carbocycles. The van der Waals surface area contributed by atoms with E-state index in [9.17, 15) is 29.3 Å². The van der Waals surface area contributed by atoms with Gasteiger partial charge in [0.05, 0.1) is 6.61 Å². The summed E-state index contributed by atoms with van der Waals surface area (Å²) in [7, 11) is -11.4. The van der Waals surface area contributed by atoms with Gasteiger partial charge >= 0.3 is 30.7 Å². The predicted molar refractivity (Wildman–Crippen MR) is 90.3 cm³/mol. The van der Waals surface area contributed by atoms with Gasteiger partial charge in [-0.2, -0.15) is 0 Å². The summed E-state index contributed by atoms with van der Waals surface area (Å²) in [5.41, 5.74) is -3.62. The van der Waals surface area contributed by atoms with Crippen molar-refractivity contribution in [3.63, 3.8) is 0 Å². The van der Waals surface area contributed by atoms with E-state index in [4.69, 9.17) is 23.9 Å². The van der Waals surface area contributed by atoms with E-state index in [1.807, 2.05) is 4.98 Å². The second-order valence-corrected chi connectivity index (χ2v) is 9.12. The van der Waals surface area contributed by atoms with Crippen molar-refractivity contribution in [2.24, 2.45) is 0 Å². The van der Waals surface area contributed by atoms with Crippen molar-refractivity contribution in [2.45, 2.75) is 31.0 Å². The zero-order chi connectivity index (χ0) is 21.3. The third-order valence-corrected chi connectivity index (χ3v) is 6.72. The lowest BCUT2D eigenvalue weighted by atomic mass is 9.96. The largest absolute Gasteiger partial charge is 0.485 e. The highest BCUT2D eigenvalue weighted by Crippen LogP contribution is 2.61. The Morgan fingerprint density at radius 3 is 2.57 bits per heavy atom. The third-order valence-electron chi connectivity index (χ3n) is 3.56. The van der Waals surface area contributed by atoms with E-state index in [1.165, 1.54) is 0 Å². The Morgan fingerprint density at radius 2 is 2.00 bits per heavy atom. The first-order valence-corrected chi connectivity index (χ1v) is 11.0. The fourth-order valence-electron chi connectivity index (χ4n) is 2.35. The van der Waals surface area contributed by atoms with E-state index in [1.54, 1.807) is 0 Å². The fraction of sp³-hybridized carbons (Fsp3) is 0.600. The van der Waals surface area contributed by atoms with Crippen molar-refractivity contribution in [2.75, 3.05) is 6.61 Å². The first-order valence-electron chi connectivity index (χ1n) is 7.23. The van der Waals surface area contributed by atoms with E-state index in [2.05, 4.69) is 8.62 Å². The standard InChI is InChI=1S/C10H17N2O13P3/c1-10(16)7(14)5(4-22-27(19)25-28(20,21)24-26(17)18)23-8(10)12-3-2-6(13)11-9(12)15/h2-3,5,7-8,14,16-19H,4H2,1H3,(H,20,21)(H,11,13,15). The molecule has 1 aromatic rings. The lowest BCUT2D eigenvalue weighted by molar-refractivity contribution is -0.0985. The summed E-state index contributed by atoms with van der Waals surface area (Å²) in [5.74, 6) is 0. The molecule has 0 aliphatic carbocycles. The minimum Gasteiger partial charge on any atom is -0.387 e. The van der Waals surface area contributed by atoms with Crippen LogP contribution in [0.4, 0.5) is 0 Å². The number of nitrogens with zero attached hydrogens (tertiary/aromatic N) is 1. The number of aliphatic hydroxyl groups is 2. The van der Waals surface area contributed by atoms with Gasteiger partial charge in [0, 0.05) is 12.3 Å². The molecule has 1 aromatic heterocycles. The Morgan fingerprint density at radius 1 is 1.36 bits per heavy atom. The van der Waals surface area contributed by atoms with E-state index >= 15 is 0 Å². The average molecular weight is 466 g/mol. The first kappa shape index (κ1) is 23.6. The number of aromatic amines is 1. The molecule has 1 aliphatic rings. The summed E-state index contributed by atoms with van der Waals surface area (Å²) < 4.78 is 30.1. The van der Waals surface area contributed by atoms with Crippen molar-refractivity contribution in [3.8, 4) is 0 Å². The zero-order valence-corrected chi connectivity index (χ0v) is 16.6. The van der Waals surface area contributed by atoms with Gasteiger partial charge in [-0.15, -0.1) is 0 Å². The second-order valence-electron chi connectivity index (χ2n) is 5.63. The van der Waals surface area contributed by atoms with Crippen LogP contribution in [0.15, 0.2) is 21.9 Å². The minimum absolute atomic E-state index is 0.666. The molecule has 1 saturated heterocycles. The average Bonchev–Trinajstić information content (AvgIpc) is 2.74.